The molecular formula is C30H34N4O5. The predicted molar refractivity (Wildman–Crippen MR) is 147 cm³/mol. The molecule has 3 aromatic rings. The summed E-state index contributed by atoms with van der Waals surface area (Å²) in [6.07, 6.45) is 0.413. The van der Waals surface area contributed by atoms with E-state index in [1.807, 2.05) is 72.8 Å². The largest absolute Gasteiger partial charge is 0.377 e. The zero-order valence-corrected chi connectivity index (χ0v) is 21.9. The van der Waals surface area contributed by atoms with Crippen LogP contribution in [0.2, 0.25) is 0 Å². The Hall–Kier alpha value is -4.24. The summed E-state index contributed by atoms with van der Waals surface area (Å²) in [6, 6.07) is 21.2. The first-order valence-electron chi connectivity index (χ1n) is 13.1. The van der Waals surface area contributed by atoms with E-state index in [1.54, 1.807) is 6.92 Å². The molecule has 2 atom stereocenters. The topological polar surface area (TPSA) is 126 Å². The minimum Gasteiger partial charge on any atom is -0.377 e. The Morgan fingerprint density at radius 1 is 0.846 bits per heavy atom. The first kappa shape index (κ1) is 27.8. The van der Waals surface area contributed by atoms with Crippen molar-refractivity contribution in [2.75, 3.05) is 13.2 Å². The zero-order chi connectivity index (χ0) is 27.6. The summed E-state index contributed by atoms with van der Waals surface area (Å²) in [4.78, 5) is 51.1. The normalized spacial score (nSPS) is 14.5. The van der Waals surface area contributed by atoms with Crippen LogP contribution >= 0.6 is 0 Å². The van der Waals surface area contributed by atoms with Crippen LogP contribution in [0.15, 0.2) is 72.8 Å². The average Bonchev–Trinajstić information content (AvgIpc) is 2.92. The molecule has 4 amide bonds. The van der Waals surface area contributed by atoms with E-state index in [-0.39, 0.29) is 36.6 Å². The molecule has 0 saturated carbocycles. The number of ether oxygens (including phenoxy) is 1. The van der Waals surface area contributed by atoms with E-state index in [4.69, 9.17) is 4.74 Å². The third-order valence-electron chi connectivity index (χ3n) is 6.61. The van der Waals surface area contributed by atoms with Gasteiger partial charge < -0.3 is 26.0 Å². The molecule has 1 fully saturated rings. The van der Waals surface area contributed by atoms with Crippen LogP contribution in [0.1, 0.15) is 30.9 Å². The van der Waals surface area contributed by atoms with E-state index >= 15 is 0 Å². The van der Waals surface area contributed by atoms with Crippen molar-refractivity contribution in [1.82, 2.24) is 21.3 Å². The molecule has 9 nitrogen and oxygen atoms in total. The summed E-state index contributed by atoms with van der Waals surface area (Å²) in [5.41, 5.74) is 1.95. The van der Waals surface area contributed by atoms with Crippen LogP contribution in [0.3, 0.4) is 0 Å². The molecule has 0 bridgehead atoms. The smallest absolute Gasteiger partial charge is 0.243 e. The van der Waals surface area contributed by atoms with Crippen LogP contribution in [0.25, 0.3) is 10.8 Å². The maximum Gasteiger partial charge on any atom is 0.243 e. The Morgan fingerprint density at radius 3 is 2.31 bits per heavy atom. The Bertz CT molecular complexity index is 1300. The van der Waals surface area contributed by atoms with Crippen molar-refractivity contribution < 1.29 is 23.9 Å². The van der Waals surface area contributed by atoms with Crippen LogP contribution in [0.5, 0.6) is 0 Å². The molecule has 0 spiro atoms. The molecule has 0 aromatic heterocycles. The van der Waals surface area contributed by atoms with Crippen LogP contribution < -0.4 is 21.3 Å². The number of nitrogens with one attached hydrogen (secondary N) is 4. The van der Waals surface area contributed by atoms with Gasteiger partial charge in [0.15, 0.2) is 0 Å². The molecular weight excluding hydrogens is 496 g/mol. The minimum absolute atomic E-state index is 0.103. The Balaban J connectivity index is 1.33. The van der Waals surface area contributed by atoms with E-state index in [9.17, 15) is 19.2 Å². The number of hydrogen-bond donors (Lipinski definition) is 4. The molecule has 1 aliphatic heterocycles. The Morgan fingerprint density at radius 2 is 1.56 bits per heavy atom. The van der Waals surface area contributed by atoms with Gasteiger partial charge in [-0.2, -0.15) is 0 Å². The van der Waals surface area contributed by atoms with Crippen molar-refractivity contribution in [1.29, 1.82) is 0 Å². The number of hydrogen-bond acceptors (Lipinski definition) is 5. The number of carbonyl (C=O) groups excluding carboxylic acids is 4. The fourth-order valence-electron chi connectivity index (χ4n) is 4.33. The number of aryl methyl sites for hydroxylation is 1. The number of rotatable bonds is 12. The zero-order valence-electron chi connectivity index (χ0n) is 21.9. The third kappa shape index (κ3) is 8.12. The van der Waals surface area contributed by atoms with Gasteiger partial charge in [0.05, 0.1) is 25.7 Å². The maximum atomic E-state index is 13.1. The van der Waals surface area contributed by atoms with E-state index in [1.165, 1.54) is 0 Å². The molecule has 4 rings (SSSR count). The second kappa shape index (κ2) is 13.5. The summed E-state index contributed by atoms with van der Waals surface area (Å²) in [7, 11) is 0. The van der Waals surface area contributed by atoms with Gasteiger partial charge in [-0.15, -0.1) is 0 Å². The highest BCUT2D eigenvalue weighted by atomic mass is 16.5. The minimum atomic E-state index is -1.12. The lowest BCUT2D eigenvalue weighted by Crippen LogP contribution is -2.55. The number of benzene rings is 3. The summed E-state index contributed by atoms with van der Waals surface area (Å²) in [5, 5.41) is 13.1. The highest BCUT2D eigenvalue weighted by Gasteiger charge is 2.28. The van der Waals surface area contributed by atoms with Crippen LogP contribution in [0.4, 0.5) is 0 Å². The number of carbonyl (C=O) groups is 4. The van der Waals surface area contributed by atoms with Gasteiger partial charge in [0.1, 0.15) is 12.1 Å². The van der Waals surface area contributed by atoms with Crippen molar-refractivity contribution in [2.45, 2.75) is 50.9 Å². The van der Waals surface area contributed by atoms with Crippen molar-refractivity contribution in [2.24, 2.45) is 0 Å². The van der Waals surface area contributed by atoms with E-state index in [0.29, 0.717) is 26.2 Å². The van der Waals surface area contributed by atoms with Gasteiger partial charge in [-0.3, -0.25) is 19.2 Å². The highest BCUT2D eigenvalue weighted by Crippen LogP contribution is 2.18. The SMILES string of the molecule is C[C@H](NC(=O)C(CC(=O)NC1COC1)NC(=O)CCc1ccccc1)C(=O)NCc1cccc2ccccc12. The molecule has 0 radical (unpaired) electrons. The van der Waals surface area contributed by atoms with Crippen molar-refractivity contribution in [3.63, 3.8) is 0 Å². The molecule has 0 aliphatic carbocycles. The number of amides is 4. The Labute approximate surface area is 227 Å². The molecule has 9 heteroatoms. The summed E-state index contributed by atoms with van der Waals surface area (Å²) < 4.78 is 5.08. The van der Waals surface area contributed by atoms with Crippen molar-refractivity contribution in [3.05, 3.63) is 83.9 Å². The van der Waals surface area contributed by atoms with Crippen molar-refractivity contribution in [3.8, 4) is 0 Å². The van der Waals surface area contributed by atoms with Gasteiger partial charge >= 0.3 is 0 Å². The maximum absolute atomic E-state index is 13.1. The van der Waals surface area contributed by atoms with Crippen LogP contribution in [-0.2, 0) is 36.9 Å². The molecule has 1 saturated heterocycles. The lowest BCUT2D eigenvalue weighted by Gasteiger charge is -2.28. The van der Waals surface area contributed by atoms with Crippen LogP contribution in [-0.4, -0.2) is 55.0 Å². The van der Waals surface area contributed by atoms with Gasteiger partial charge in [-0.05, 0) is 35.2 Å². The molecule has 4 N–H and O–H groups in total. The fourth-order valence-corrected chi connectivity index (χ4v) is 4.33. The van der Waals surface area contributed by atoms with E-state index in [0.717, 1.165) is 21.9 Å². The molecule has 1 aliphatic rings. The second-order valence-electron chi connectivity index (χ2n) is 9.70. The average molecular weight is 531 g/mol. The van der Waals surface area contributed by atoms with E-state index < -0.39 is 18.0 Å². The van der Waals surface area contributed by atoms with Crippen LogP contribution in [0, 0.1) is 0 Å². The highest BCUT2D eigenvalue weighted by molar-refractivity contribution is 5.95. The first-order chi connectivity index (χ1) is 18.9. The Kier molecular flexibility index (Phi) is 9.64. The third-order valence-corrected chi connectivity index (χ3v) is 6.61. The van der Waals surface area contributed by atoms with Gasteiger partial charge in [0.2, 0.25) is 23.6 Å². The van der Waals surface area contributed by atoms with Gasteiger partial charge in [0, 0.05) is 13.0 Å². The fraction of sp³-hybridized carbons (Fsp3) is 0.333. The van der Waals surface area contributed by atoms with Crippen molar-refractivity contribution >= 4 is 34.4 Å². The molecule has 1 heterocycles. The van der Waals surface area contributed by atoms with Gasteiger partial charge in [-0.25, -0.2) is 0 Å². The standard InChI is InChI=1S/C30H34N4O5/c1-20(29(37)31-17-23-12-7-11-22-10-5-6-13-25(22)23)32-30(38)26(16-28(36)33-24-18-39-19-24)34-27(35)15-14-21-8-3-2-4-9-21/h2-13,20,24,26H,14-19H2,1H3,(H,31,37)(H,32,38)(H,33,36)(H,34,35)/t20-,26?/m0/s1. The quantitative estimate of drug-likeness (QED) is 0.285. The summed E-state index contributed by atoms with van der Waals surface area (Å²) in [6.45, 7) is 2.70. The van der Waals surface area contributed by atoms with Gasteiger partial charge in [-0.1, -0.05) is 72.8 Å². The van der Waals surface area contributed by atoms with E-state index in [2.05, 4.69) is 21.3 Å². The van der Waals surface area contributed by atoms with Gasteiger partial charge in [0.25, 0.3) is 0 Å². The molecule has 39 heavy (non-hydrogen) atoms. The first-order valence-corrected chi connectivity index (χ1v) is 13.1. The molecule has 204 valence electrons. The summed E-state index contributed by atoms with van der Waals surface area (Å²) >= 11 is 0. The molecule has 3 aromatic carbocycles. The molecule has 1 unspecified atom stereocenters. The second-order valence-corrected chi connectivity index (χ2v) is 9.70. The lowest BCUT2D eigenvalue weighted by atomic mass is 10.0. The monoisotopic (exact) mass is 530 g/mol. The predicted octanol–water partition coefficient (Wildman–Crippen LogP) is 1.98. The summed E-state index contributed by atoms with van der Waals surface area (Å²) in [5.74, 6) is -1.70. The number of fused-ring (bicyclic) bond motifs is 1. The lowest BCUT2D eigenvalue weighted by molar-refractivity contribution is -0.134.